The fourth-order valence-corrected chi connectivity index (χ4v) is 3.79. The van der Waals surface area contributed by atoms with Crippen LogP contribution in [0.15, 0.2) is 72.8 Å². The number of hydrogen-bond acceptors (Lipinski definition) is 4. The predicted octanol–water partition coefficient (Wildman–Crippen LogP) is 4.46. The summed E-state index contributed by atoms with van der Waals surface area (Å²) in [6.07, 6.45) is 1.13. The van der Waals surface area contributed by atoms with E-state index in [1.807, 2.05) is 0 Å². The second-order valence-electron chi connectivity index (χ2n) is 6.74. The zero-order valence-electron chi connectivity index (χ0n) is 16.6. The van der Waals surface area contributed by atoms with Crippen molar-refractivity contribution >= 4 is 38.9 Å². The number of nitrogens with one attached hydrogen (secondary N) is 1. The molecule has 31 heavy (non-hydrogen) atoms. The Kier molecular flexibility index (Phi) is 7.14. The van der Waals surface area contributed by atoms with Crippen LogP contribution in [0.25, 0.3) is 0 Å². The molecule has 3 rings (SSSR count). The maximum atomic E-state index is 13.2. The highest BCUT2D eigenvalue weighted by Crippen LogP contribution is 2.24. The van der Waals surface area contributed by atoms with Crippen LogP contribution in [0.3, 0.4) is 0 Å². The van der Waals surface area contributed by atoms with E-state index in [1.165, 1.54) is 22.5 Å². The summed E-state index contributed by atoms with van der Waals surface area (Å²) in [5.41, 5.74) is 1.56. The summed E-state index contributed by atoms with van der Waals surface area (Å²) >= 11 is 5.89. The number of rotatable bonds is 8. The summed E-state index contributed by atoms with van der Waals surface area (Å²) in [6, 6.07) is 18.8. The van der Waals surface area contributed by atoms with Crippen LogP contribution in [0.1, 0.15) is 5.56 Å². The first-order chi connectivity index (χ1) is 14.7. The van der Waals surface area contributed by atoms with Gasteiger partial charge < -0.3 is 10.1 Å². The first-order valence-electron chi connectivity index (χ1n) is 9.21. The van der Waals surface area contributed by atoms with Crippen LogP contribution in [-0.4, -0.2) is 27.2 Å². The van der Waals surface area contributed by atoms with Gasteiger partial charge in [0.1, 0.15) is 11.6 Å². The molecular weight excluding hydrogens is 443 g/mol. The molecule has 1 amide bonds. The van der Waals surface area contributed by atoms with Gasteiger partial charge in [0.05, 0.1) is 18.5 Å². The first kappa shape index (κ1) is 22.6. The van der Waals surface area contributed by atoms with E-state index in [-0.39, 0.29) is 13.2 Å². The van der Waals surface area contributed by atoms with E-state index < -0.39 is 21.7 Å². The van der Waals surface area contributed by atoms with Crippen molar-refractivity contribution in [1.82, 2.24) is 0 Å². The molecular formula is C22H20ClFN2O4S. The van der Waals surface area contributed by atoms with Gasteiger partial charge in [-0.3, -0.25) is 9.10 Å². The van der Waals surface area contributed by atoms with Gasteiger partial charge in [0.15, 0.2) is 6.61 Å². The highest BCUT2D eigenvalue weighted by Gasteiger charge is 2.18. The summed E-state index contributed by atoms with van der Waals surface area (Å²) in [6.45, 7) is -0.136. The SMILES string of the molecule is CS(=O)(=O)N(Cc1ccc(Cl)cc1)c1ccc(OCC(=O)Nc2cccc(F)c2)cc1. The maximum Gasteiger partial charge on any atom is 0.262 e. The number of amides is 1. The zero-order valence-corrected chi connectivity index (χ0v) is 18.2. The smallest absolute Gasteiger partial charge is 0.262 e. The normalized spacial score (nSPS) is 11.1. The van der Waals surface area contributed by atoms with E-state index in [4.69, 9.17) is 16.3 Å². The molecule has 162 valence electrons. The van der Waals surface area contributed by atoms with E-state index in [0.29, 0.717) is 22.1 Å². The Morgan fingerprint density at radius 1 is 1.06 bits per heavy atom. The number of halogens is 2. The minimum atomic E-state index is -3.54. The van der Waals surface area contributed by atoms with Crippen LogP contribution in [0.2, 0.25) is 5.02 Å². The van der Waals surface area contributed by atoms with Gasteiger partial charge in [0.25, 0.3) is 5.91 Å². The molecule has 3 aromatic carbocycles. The average Bonchev–Trinajstić information content (AvgIpc) is 2.71. The highest BCUT2D eigenvalue weighted by molar-refractivity contribution is 7.92. The van der Waals surface area contributed by atoms with Crippen molar-refractivity contribution in [3.63, 3.8) is 0 Å². The van der Waals surface area contributed by atoms with Crippen LogP contribution >= 0.6 is 11.6 Å². The quantitative estimate of drug-likeness (QED) is 0.536. The number of sulfonamides is 1. The largest absolute Gasteiger partial charge is 0.484 e. The predicted molar refractivity (Wildman–Crippen MR) is 119 cm³/mol. The number of nitrogens with zero attached hydrogens (tertiary/aromatic N) is 1. The highest BCUT2D eigenvalue weighted by atomic mass is 35.5. The molecule has 6 nitrogen and oxygen atoms in total. The topological polar surface area (TPSA) is 75.7 Å². The van der Waals surface area contributed by atoms with Gasteiger partial charge in [-0.2, -0.15) is 0 Å². The molecule has 3 aromatic rings. The minimum Gasteiger partial charge on any atom is -0.484 e. The standard InChI is InChI=1S/C22H20ClFN2O4S/c1-31(28,29)26(14-16-5-7-17(23)8-6-16)20-9-11-21(12-10-20)30-15-22(27)25-19-4-2-3-18(24)13-19/h2-13H,14-15H2,1H3,(H,25,27). The van der Waals surface area contributed by atoms with Crippen molar-refractivity contribution in [3.05, 3.63) is 89.2 Å². The van der Waals surface area contributed by atoms with Crippen molar-refractivity contribution < 1.29 is 22.3 Å². The third-order valence-electron chi connectivity index (χ3n) is 4.24. The van der Waals surface area contributed by atoms with Crippen LogP contribution in [0.4, 0.5) is 15.8 Å². The van der Waals surface area contributed by atoms with Crippen LogP contribution < -0.4 is 14.4 Å². The van der Waals surface area contributed by atoms with Crippen molar-refractivity contribution in [2.24, 2.45) is 0 Å². The van der Waals surface area contributed by atoms with Crippen molar-refractivity contribution in [2.45, 2.75) is 6.54 Å². The number of anilines is 2. The molecule has 0 saturated heterocycles. The molecule has 0 aliphatic carbocycles. The molecule has 0 radical (unpaired) electrons. The van der Waals surface area contributed by atoms with E-state index in [9.17, 15) is 17.6 Å². The molecule has 0 spiro atoms. The molecule has 0 fully saturated rings. The van der Waals surface area contributed by atoms with Gasteiger partial charge in [0.2, 0.25) is 10.0 Å². The van der Waals surface area contributed by atoms with E-state index in [1.54, 1.807) is 54.6 Å². The fourth-order valence-electron chi connectivity index (χ4n) is 2.78. The van der Waals surface area contributed by atoms with Gasteiger partial charge in [-0.05, 0) is 60.2 Å². The van der Waals surface area contributed by atoms with Crippen LogP contribution in [0, 0.1) is 5.82 Å². The lowest BCUT2D eigenvalue weighted by Crippen LogP contribution is -2.29. The van der Waals surface area contributed by atoms with Crippen molar-refractivity contribution in [2.75, 3.05) is 22.5 Å². The molecule has 9 heteroatoms. The van der Waals surface area contributed by atoms with Gasteiger partial charge >= 0.3 is 0 Å². The molecule has 0 heterocycles. The first-order valence-corrected chi connectivity index (χ1v) is 11.4. The van der Waals surface area contributed by atoms with Gasteiger partial charge in [-0.1, -0.05) is 29.8 Å². The lowest BCUT2D eigenvalue weighted by Gasteiger charge is -2.23. The van der Waals surface area contributed by atoms with Crippen molar-refractivity contribution in [1.29, 1.82) is 0 Å². The lowest BCUT2D eigenvalue weighted by molar-refractivity contribution is -0.118. The van der Waals surface area contributed by atoms with Crippen molar-refractivity contribution in [3.8, 4) is 5.75 Å². The molecule has 1 N–H and O–H groups in total. The number of carbonyl (C=O) groups excluding carboxylic acids is 1. The molecule has 0 bridgehead atoms. The van der Waals surface area contributed by atoms with Crippen LogP contribution in [0.5, 0.6) is 5.75 Å². The minimum absolute atomic E-state index is 0.145. The second kappa shape index (κ2) is 9.80. The third-order valence-corrected chi connectivity index (χ3v) is 5.64. The van der Waals surface area contributed by atoms with E-state index in [0.717, 1.165) is 11.8 Å². The Hall–Kier alpha value is -3.10. The molecule has 0 aliphatic rings. The third kappa shape index (κ3) is 6.70. The monoisotopic (exact) mass is 462 g/mol. The summed E-state index contributed by atoms with van der Waals surface area (Å²) in [5, 5.41) is 3.10. The summed E-state index contributed by atoms with van der Waals surface area (Å²) < 4.78 is 44.4. The average molecular weight is 463 g/mol. The van der Waals surface area contributed by atoms with E-state index in [2.05, 4.69) is 5.32 Å². The Labute approximate surface area is 185 Å². The summed E-state index contributed by atoms with van der Waals surface area (Å²) in [7, 11) is -3.54. The number of carbonyl (C=O) groups is 1. The lowest BCUT2D eigenvalue weighted by atomic mass is 10.2. The molecule has 0 unspecified atom stereocenters. The fraction of sp³-hybridized carbons (Fsp3) is 0.136. The Morgan fingerprint density at radius 3 is 2.35 bits per heavy atom. The molecule has 0 atom stereocenters. The molecule has 0 aliphatic heterocycles. The van der Waals surface area contributed by atoms with Gasteiger partial charge in [-0.15, -0.1) is 0 Å². The zero-order chi connectivity index (χ0) is 22.4. The van der Waals surface area contributed by atoms with Crippen LogP contribution in [-0.2, 0) is 21.4 Å². The Balaban J connectivity index is 1.64. The number of ether oxygens (including phenoxy) is 1. The summed E-state index contributed by atoms with van der Waals surface area (Å²) in [4.78, 5) is 12.0. The van der Waals surface area contributed by atoms with Gasteiger partial charge in [0, 0.05) is 10.7 Å². The second-order valence-corrected chi connectivity index (χ2v) is 9.08. The molecule has 0 aromatic heterocycles. The number of benzene rings is 3. The maximum absolute atomic E-state index is 13.2. The van der Waals surface area contributed by atoms with E-state index >= 15 is 0 Å². The van der Waals surface area contributed by atoms with Gasteiger partial charge in [-0.25, -0.2) is 12.8 Å². The molecule has 0 saturated carbocycles. The number of hydrogen-bond donors (Lipinski definition) is 1. The summed E-state index contributed by atoms with van der Waals surface area (Å²) in [5.74, 6) is -0.517. The Bertz CT molecular complexity index is 1150. The Morgan fingerprint density at radius 2 is 1.74 bits per heavy atom.